The average Bonchev–Trinajstić information content (AvgIpc) is 3.30. The number of methoxy groups -OCH3 is 1. The summed E-state index contributed by atoms with van der Waals surface area (Å²) in [6, 6.07) is 8.61. The molecular weight excluding hydrogens is 406 g/mol. The zero-order valence-electron chi connectivity index (χ0n) is 15.0. The van der Waals surface area contributed by atoms with Crippen molar-refractivity contribution in [3.63, 3.8) is 0 Å². The quantitative estimate of drug-likeness (QED) is 0.532. The number of para-hydroxylation sites is 1. The first-order chi connectivity index (χ1) is 13.4. The van der Waals surface area contributed by atoms with Gasteiger partial charge in [-0.3, -0.25) is 19.2 Å². The van der Waals surface area contributed by atoms with Gasteiger partial charge in [0, 0.05) is 7.11 Å². The molecule has 4 rings (SSSR count). The van der Waals surface area contributed by atoms with Gasteiger partial charge in [-0.2, -0.15) is 0 Å². The summed E-state index contributed by atoms with van der Waals surface area (Å²) in [5.74, 6) is -4.03. The third-order valence-electron chi connectivity index (χ3n) is 5.49. The van der Waals surface area contributed by atoms with Crippen LogP contribution >= 0.6 is 0 Å². The summed E-state index contributed by atoms with van der Waals surface area (Å²) in [4.78, 5) is 49.7. The zero-order chi connectivity index (χ0) is 20.0. The average molecular weight is 437 g/mol. The molecule has 3 fully saturated rings. The molecule has 0 saturated carbocycles. The van der Waals surface area contributed by atoms with Crippen molar-refractivity contribution in [1.29, 1.82) is 0 Å². The van der Waals surface area contributed by atoms with Crippen molar-refractivity contribution in [2.45, 2.75) is 59.5 Å². The van der Waals surface area contributed by atoms with Gasteiger partial charge in [0.1, 0.15) is 18.3 Å². The predicted octanol–water partition coefficient (Wildman–Crippen LogP) is 2.27. The van der Waals surface area contributed by atoms with Gasteiger partial charge in [0.25, 0.3) is 0 Å². The molecule has 3 aliphatic heterocycles. The van der Waals surface area contributed by atoms with Crippen LogP contribution in [0.4, 0.5) is 5.69 Å². The number of rotatable bonds is 6. The summed E-state index contributed by atoms with van der Waals surface area (Å²) in [6.07, 6.45) is -3.74. The number of ether oxygens (including phenoxy) is 3. The number of nitrogens with zero attached hydrogens (tertiary/aromatic N) is 1. The lowest BCUT2D eigenvalue weighted by Gasteiger charge is -2.31. The number of benzene rings is 1. The van der Waals surface area contributed by atoms with Crippen molar-refractivity contribution in [3.8, 4) is 0 Å². The Morgan fingerprint density at radius 2 is 1.52 bits per heavy atom. The summed E-state index contributed by atoms with van der Waals surface area (Å²) < 4.78 is 16.6. The normalized spacial score (nSPS) is 30.0. The number of carboxylic acid groups (broad SMARTS) is 1. The van der Waals surface area contributed by atoms with Gasteiger partial charge in [-0.1, -0.05) is 40.5 Å². The van der Waals surface area contributed by atoms with E-state index in [4.69, 9.17) is 19.3 Å². The van der Waals surface area contributed by atoms with Crippen molar-refractivity contribution in [3.05, 3.63) is 30.3 Å². The minimum Gasteiger partial charge on any atom is -0.481 e. The molecule has 3 aliphatic rings. The number of hydrogen-bond donors (Lipinski definition) is 1. The van der Waals surface area contributed by atoms with E-state index in [0.717, 1.165) is 4.90 Å². The van der Waals surface area contributed by atoms with Gasteiger partial charge in [0.05, 0.1) is 30.4 Å². The molecule has 1 aromatic carbocycles. The molecule has 6 unspecified atom stereocenters. The van der Waals surface area contributed by atoms with Crippen molar-refractivity contribution in [2.75, 3.05) is 12.0 Å². The van der Waals surface area contributed by atoms with Crippen LogP contribution in [0.1, 0.15) is 35.1 Å². The molecule has 172 valence electrons. The van der Waals surface area contributed by atoms with Crippen molar-refractivity contribution >= 4 is 29.4 Å². The first-order valence-electron chi connectivity index (χ1n) is 8.96. The van der Waals surface area contributed by atoms with Crippen LogP contribution in [-0.2, 0) is 33.4 Å². The number of fused-ring (bicyclic) bond motifs is 5. The molecule has 0 spiro atoms. The smallest absolute Gasteiger partial charge is 0.306 e. The van der Waals surface area contributed by atoms with E-state index in [-0.39, 0.29) is 41.0 Å². The summed E-state index contributed by atoms with van der Waals surface area (Å²) in [6.45, 7) is 0. The second-order valence-electron chi connectivity index (χ2n) is 7.01. The molecule has 1 aromatic rings. The van der Waals surface area contributed by atoms with Crippen LogP contribution in [0.3, 0.4) is 0 Å². The molecule has 9 nitrogen and oxygen atoms in total. The predicted molar refractivity (Wildman–Crippen MR) is 112 cm³/mol. The van der Waals surface area contributed by atoms with E-state index in [1.54, 1.807) is 30.3 Å². The Morgan fingerprint density at radius 3 is 2.03 bits per heavy atom. The van der Waals surface area contributed by atoms with Gasteiger partial charge >= 0.3 is 11.9 Å². The molecule has 2 amide bonds. The van der Waals surface area contributed by atoms with E-state index in [9.17, 15) is 19.2 Å². The van der Waals surface area contributed by atoms with Crippen LogP contribution < -0.4 is 4.90 Å². The number of amides is 2. The number of carbonyl (C=O) groups excluding carboxylic acids is 3. The van der Waals surface area contributed by atoms with Gasteiger partial charge in [-0.15, -0.1) is 0 Å². The van der Waals surface area contributed by atoms with Gasteiger partial charge in [0.2, 0.25) is 11.8 Å². The van der Waals surface area contributed by atoms with E-state index in [1.807, 2.05) is 0 Å². The van der Waals surface area contributed by atoms with Crippen molar-refractivity contribution in [1.82, 2.24) is 0 Å². The monoisotopic (exact) mass is 437 g/mol. The van der Waals surface area contributed by atoms with Crippen LogP contribution in [0.5, 0.6) is 0 Å². The van der Waals surface area contributed by atoms with Crippen LogP contribution in [0.2, 0.25) is 0 Å². The van der Waals surface area contributed by atoms with E-state index in [0.29, 0.717) is 5.69 Å². The zero-order valence-corrected chi connectivity index (χ0v) is 15.0. The molecule has 6 atom stereocenters. The Labute approximate surface area is 182 Å². The summed E-state index contributed by atoms with van der Waals surface area (Å²) in [5.41, 5.74) is 0.482. The molecule has 0 aliphatic carbocycles. The maximum Gasteiger partial charge on any atom is 0.306 e. The standard InChI is InChI=1S/C19H19NO8.3CH4/c1-26-16-14-12-13(15(28-14)17(16)27-11(23)8-7-10(21)22)19(25)20(18(12)24)9-5-3-2-4-6-9;;;/h2-6,12-17H,7-8H2,1H3,(H,21,22);3*1H4. The Bertz CT molecular complexity index is 826. The first kappa shape index (κ1) is 26.3. The number of carbonyl (C=O) groups is 4. The van der Waals surface area contributed by atoms with E-state index >= 15 is 0 Å². The van der Waals surface area contributed by atoms with Crippen LogP contribution in [-0.4, -0.2) is 60.4 Å². The van der Waals surface area contributed by atoms with Crippen molar-refractivity contribution < 1.29 is 38.5 Å². The van der Waals surface area contributed by atoms with Crippen LogP contribution in [0.25, 0.3) is 0 Å². The number of imide groups is 1. The topological polar surface area (TPSA) is 119 Å². The summed E-state index contributed by atoms with van der Waals surface area (Å²) in [7, 11) is 1.41. The van der Waals surface area contributed by atoms with Crippen LogP contribution in [0, 0.1) is 11.8 Å². The van der Waals surface area contributed by atoms with E-state index in [1.165, 1.54) is 7.11 Å². The summed E-state index contributed by atoms with van der Waals surface area (Å²) in [5, 5.41) is 8.71. The number of anilines is 1. The fraction of sp³-hybridized carbons (Fsp3) is 0.545. The highest BCUT2D eigenvalue weighted by Crippen LogP contribution is 2.51. The van der Waals surface area contributed by atoms with Gasteiger partial charge in [-0.25, -0.2) is 4.90 Å². The minimum absolute atomic E-state index is 0. The maximum absolute atomic E-state index is 13.0. The highest BCUT2D eigenvalue weighted by Gasteiger charge is 2.70. The van der Waals surface area contributed by atoms with Gasteiger partial charge < -0.3 is 19.3 Å². The lowest BCUT2D eigenvalue weighted by atomic mass is 9.78. The molecule has 31 heavy (non-hydrogen) atoms. The number of carboxylic acids is 1. The molecular formula is C22H31NO8. The highest BCUT2D eigenvalue weighted by atomic mass is 16.6. The Balaban J connectivity index is 0.00000160. The molecule has 9 heteroatoms. The molecule has 3 saturated heterocycles. The largest absolute Gasteiger partial charge is 0.481 e. The fourth-order valence-corrected chi connectivity index (χ4v) is 4.35. The second-order valence-corrected chi connectivity index (χ2v) is 7.01. The maximum atomic E-state index is 13.0. The Morgan fingerprint density at radius 1 is 0.968 bits per heavy atom. The molecule has 0 aromatic heterocycles. The third kappa shape index (κ3) is 4.20. The highest BCUT2D eigenvalue weighted by molar-refractivity contribution is 6.22. The molecule has 2 bridgehead atoms. The van der Waals surface area contributed by atoms with Gasteiger partial charge in [-0.05, 0) is 12.1 Å². The fourth-order valence-electron chi connectivity index (χ4n) is 4.35. The van der Waals surface area contributed by atoms with Crippen molar-refractivity contribution in [2.24, 2.45) is 11.8 Å². The minimum atomic E-state index is -1.11. The number of hydrogen-bond acceptors (Lipinski definition) is 7. The lowest BCUT2D eigenvalue weighted by Crippen LogP contribution is -2.50. The molecule has 1 N–H and O–H groups in total. The first-order valence-corrected chi connectivity index (χ1v) is 8.96. The van der Waals surface area contributed by atoms with Crippen LogP contribution in [0.15, 0.2) is 30.3 Å². The Hall–Kier alpha value is -2.78. The van der Waals surface area contributed by atoms with E-state index < -0.39 is 54.1 Å². The second kappa shape index (κ2) is 10.0. The van der Waals surface area contributed by atoms with Gasteiger partial charge in [0.15, 0.2) is 6.10 Å². The lowest BCUT2D eigenvalue weighted by molar-refractivity contribution is -0.162. The van der Waals surface area contributed by atoms with E-state index in [2.05, 4.69) is 0 Å². The number of aliphatic carboxylic acids is 1. The summed E-state index contributed by atoms with van der Waals surface area (Å²) >= 11 is 0. The molecule has 0 radical (unpaired) electrons. The number of esters is 1. The third-order valence-corrected chi connectivity index (χ3v) is 5.49. The SMILES string of the molecule is C.C.C.COC1C(OC(=O)CCC(=O)O)C2OC1C1C(=O)N(c3ccccc3)C(=O)C21. The molecule has 3 heterocycles. The Kier molecular flexibility index (Phi) is 8.48.